The Hall–Kier alpha value is -1.45. The van der Waals surface area contributed by atoms with Crippen molar-refractivity contribution in [1.29, 1.82) is 0 Å². The molecule has 1 aromatic carbocycles. The number of halogens is 1. The number of allylic oxidation sites excluding steroid dienone is 1. The maximum absolute atomic E-state index is 11.7. The summed E-state index contributed by atoms with van der Waals surface area (Å²) in [4.78, 5) is 23.4. The highest BCUT2D eigenvalue weighted by atomic mass is 35.5. The van der Waals surface area contributed by atoms with Crippen LogP contribution in [0, 0.1) is 0 Å². The van der Waals surface area contributed by atoms with E-state index in [9.17, 15) is 9.59 Å². The predicted octanol–water partition coefficient (Wildman–Crippen LogP) is 1.55. The highest BCUT2D eigenvalue weighted by molar-refractivity contribution is 6.50. The first-order valence-corrected chi connectivity index (χ1v) is 4.72. The fraction of sp³-hybridized carbons (Fsp3) is 0.0909. The van der Waals surface area contributed by atoms with Crippen LogP contribution in [0.4, 0.5) is 0 Å². The molecule has 0 aliphatic heterocycles. The van der Waals surface area contributed by atoms with Crippen LogP contribution in [0.1, 0.15) is 20.7 Å². The summed E-state index contributed by atoms with van der Waals surface area (Å²) in [7, 11) is 0. The summed E-state index contributed by atoms with van der Waals surface area (Å²) in [6.45, 7) is -0.516. The molecule has 15 heavy (non-hydrogen) atoms. The van der Waals surface area contributed by atoms with Gasteiger partial charge in [-0.3, -0.25) is 9.59 Å². The second kappa shape index (κ2) is 3.61. The Labute approximate surface area is 91.0 Å². The number of benzene rings is 1. The first-order valence-electron chi connectivity index (χ1n) is 4.34. The third kappa shape index (κ3) is 1.40. The van der Waals surface area contributed by atoms with E-state index >= 15 is 0 Å². The molecular weight excluding hydrogens is 216 g/mol. The first kappa shape index (κ1) is 10.1. The van der Waals surface area contributed by atoms with Gasteiger partial charge < -0.3 is 5.11 Å². The number of hydrogen-bond donors (Lipinski definition) is 1. The van der Waals surface area contributed by atoms with Gasteiger partial charge in [0, 0.05) is 16.7 Å². The summed E-state index contributed by atoms with van der Waals surface area (Å²) in [5.74, 6) is -0.784. The second-order valence-electron chi connectivity index (χ2n) is 3.15. The van der Waals surface area contributed by atoms with E-state index in [0.717, 1.165) is 0 Å². The number of Topliss-reactive ketones (excluding diaryl/α,β-unsaturated/α-hetero) is 2. The quantitative estimate of drug-likeness (QED) is 0.785. The molecule has 0 unspecified atom stereocenters. The lowest BCUT2D eigenvalue weighted by Gasteiger charge is -2.15. The van der Waals surface area contributed by atoms with Crippen LogP contribution in [-0.4, -0.2) is 23.3 Å². The smallest absolute Gasteiger partial charge is 0.205 e. The molecule has 1 aromatic rings. The summed E-state index contributed by atoms with van der Waals surface area (Å²) >= 11 is 5.71. The Morgan fingerprint density at radius 1 is 1.07 bits per heavy atom. The van der Waals surface area contributed by atoms with Crippen molar-refractivity contribution in [1.82, 2.24) is 0 Å². The van der Waals surface area contributed by atoms with Crippen molar-refractivity contribution in [2.24, 2.45) is 0 Å². The number of ketones is 2. The molecule has 3 nitrogen and oxygen atoms in total. The Morgan fingerprint density at radius 3 is 2.13 bits per heavy atom. The van der Waals surface area contributed by atoms with Crippen LogP contribution in [0.2, 0.25) is 0 Å². The molecular formula is C11H7ClO3. The molecule has 0 radical (unpaired) electrons. The zero-order valence-corrected chi connectivity index (χ0v) is 8.41. The highest BCUT2D eigenvalue weighted by Gasteiger charge is 2.30. The lowest BCUT2D eigenvalue weighted by Crippen LogP contribution is -2.21. The normalized spacial score (nSPS) is 15.6. The van der Waals surface area contributed by atoms with Gasteiger partial charge in [-0.2, -0.15) is 0 Å². The van der Waals surface area contributed by atoms with Crippen LogP contribution in [0.25, 0.3) is 0 Å². The van der Waals surface area contributed by atoms with Crippen molar-refractivity contribution in [2.45, 2.75) is 0 Å². The third-order valence-corrected chi connectivity index (χ3v) is 2.71. The molecule has 2 rings (SSSR count). The lowest BCUT2D eigenvalue weighted by molar-refractivity contribution is 0.0969. The van der Waals surface area contributed by atoms with Crippen molar-refractivity contribution >= 4 is 23.2 Å². The standard InChI is InChI=1S/C11H7ClO3/c12-9-8(5-13)10(14)6-3-1-2-4-7(6)11(9)15/h1-4,13H,5H2. The number of hydrogen-bond acceptors (Lipinski definition) is 3. The molecule has 0 atom stereocenters. The van der Waals surface area contributed by atoms with Crippen LogP contribution >= 0.6 is 11.6 Å². The van der Waals surface area contributed by atoms with Crippen molar-refractivity contribution in [2.75, 3.05) is 6.61 Å². The first-order chi connectivity index (χ1) is 7.16. The molecule has 0 amide bonds. The average molecular weight is 223 g/mol. The van der Waals surface area contributed by atoms with Crippen LogP contribution in [0.5, 0.6) is 0 Å². The van der Waals surface area contributed by atoms with E-state index in [1.807, 2.05) is 0 Å². The molecule has 0 fully saturated rings. The number of fused-ring (bicyclic) bond motifs is 1. The minimum Gasteiger partial charge on any atom is -0.391 e. The van der Waals surface area contributed by atoms with Gasteiger partial charge in [0.15, 0.2) is 5.78 Å². The van der Waals surface area contributed by atoms with Gasteiger partial charge in [0.1, 0.15) is 0 Å². The van der Waals surface area contributed by atoms with Crippen LogP contribution in [-0.2, 0) is 0 Å². The van der Waals surface area contributed by atoms with Crippen molar-refractivity contribution in [3.05, 3.63) is 46.0 Å². The zero-order chi connectivity index (χ0) is 11.0. The minimum absolute atomic E-state index is 0.0274. The van der Waals surface area contributed by atoms with Gasteiger partial charge in [-0.15, -0.1) is 0 Å². The van der Waals surface area contributed by atoms with Gasteiger partial charge in [-0.1, -0.05) is 35.9 Å². The van der Waals surface area contributed by atoms with Crippen LogP contribution in [0.3, 0.4) is 0 Å². The molecule has 0 heterocycles. The van der Waals surface area contributed by atoms with Crippen molar-refractivity contribution in [3.63, 3.8) is 0 Å². The Kier molecular flexibility index (Phi) is 2.42. The fourth-order valence-corrected chi connectivity index (χ4v) is 1.79. The van der Waals surface area contributed by atoms with Gasteiger partial charge in [0.25, 0.3) is 0 Å². The Balaban J connectivity index is 2.68. The van der Waals surface area contributed by atoms with Crippen molar-refractivity contribution < 1.29 is 14.7 Å². The zero-order valence-electron chi connectivity index (χ0n) is 7.66. The van der Waals surface area contributed by atoms with Crippen molar-refractivity contribution in [3.8, 4) is 0 Å². The van der Waals surface area contributed by atoms with E-state index < -0.39 is 12.4 Å². The highest BCUT2D eigenvalue weighted by Crippen LogP contribution is 2.27. The van der Waals surface area contributed by atoms with Crippen LogP contribution in [0.15, 0.2) is 34.9 Å². The van der Waals surface area contributed by atoms with E-state index in [2.05, 4.69) is 0 Å². The summed E-state index contributed by atoms with van der Waals surface area (Å²) in [6, 6.07) is 6.43. The average Bonchev–Trinajstić information content (AvgIpc) is 2.27. The minimum atomic E-state index is -0.516. The van der Waals surface area contributed by atoms with Gasteiger partial charge in [-0.25, -0.2) is 0 Å². The number of carbonyl (C=O) groups is 2. The third-order valence-electron chi connectivity index (χ3n) is 2.31. The topological polar surface area (TPSA) is 54.4 Å². The van der Waals surface area contributed by atoms with Gasteiger partial charge in [0.05, 0.1) is 11.6 Å². The molecule has 0 aromatic heterocycles. The molecule has 1 N–H and O–H groups in total. The number of rotatable bonds is 1. The maximum atomic E-state index is 11.7. The summed E-state index contributed by atoms with van der Waals surface area (Å²) in [5, 5.41) is 8.78. The number of carbonyl (C=O) groups excluding carboxylic acids is 2. The molecule has 76 valence electrons. The van der Waals surface area contributed by atoms with E-state index in [1.54, 1.807) is 24.3 Å². The SMILES string of the molecule is O=C1C(Cl)=C(CO)C(=O)c2ccccc21. The summed E-state index contributed by atoms with van der Waals surface area (Å²) in [6.07, 6.45) is 0. The maximum Gasteiger partial charge on any atom is 0.205 e. The van der Waals surface area contributed by atoms with Gasteiger partial charge in [-0.05, 0) is 0 Å². The monoisotopic (exact) mass is 222 g/mol. The molecule has 1 aliphatic carbocycles. The fourth-order valence-electron chi connectivity index (χ4n) is 1.54. The molecule has 0 saturated carbocycles. The molecule has 0 spiro atoms. The van der Waals surface area contributed by atoms with E-state index in [-0.39, 0.29) is 16.4 Å². The van der Waals surface area contributed by atoms with E-state index in [4.69, 9.17) is 16.7 Å². The number of aliphatic hydroxyl groups is 1. The number of aliphatic hydroxyl groups excluding tert-OH is 1. The van der Waals surface area contributed by atoms with Gasteiger partial charge in [0.2, 0.25) is 5.78 Å². The molecule has 4 heteroatoms. The second-order valence-corrected chi connectivity index (χ2v) is 3.53. The summed E-state index contributed by atoms with van der Waals surface area (Å²) in [5.41, 5.74) is 0.570. The van der Waals surface area contributed by atoms with E-state index in [0.29, 0.717) is 11.1 Å². The van der Waals surface area contributed by atoms with Gasteiger partial charge >= 0.3 is 0 Å². The van der Waals surface area contributed by atoms with E-state index in [1.165, 1.54) is 0 Å². The molecule has 1 aliphatic rings. The Morgan fingerprint density at radius 2 is 1.60 bits per heavy atom. The van der Waals surface area contributed by atoms with Crippen LogP contribution < -0.4 is 0 Å². The Bertz CT molecular complexity index is 488. The lowest BCUT2D eigenvalue weighted by atomic mass is 9.90. The molecule has 0 saturated heterocycles. The predicted molar refractivity (Wildman–Crippen MR) is 55.1 cm³/mol. The molecule has 0 bridgehead atoms. The largest absolute Gasteiger partial charge is 0.391 e. The summed E-state index contributed by atoms with van der Waals surface area (Å²) < 4.78 is 0.